The van der Waals surface area contributed by atoms with Crippen LogP contribution in [0.2, 0.25) is 0 Å². The van der Waals surface area contributed by atoms with Crippen molar-refractivity contribution in [1.82, 2.24) is 0 Å². The topological polar surface area (TPSA) is 195 Å². The average molecular weight is 935 g/mol. The second kappa shape index (κ2) is 22.1. The van der Waals surface area contributed by atoms with Crippen LogP contribution in [0.15, 0.2) is 0 Å². The average Bonchev–Trinajstić information content (AvgIpc) is 3.85. The Hall–Kier alpha value is -3.71. The minimum absolute atomic E-state index is 0.00224. The molecule has 378 valence electrons. The molecule has 1 aliphatic heterocycles. The van der Waals surface area contributed by atoms with Gasteiger partial charge in [-0.25, -0.2) is 0 Å². The Morgan fingerprint density at radius 3 is 1.62 bits per heavy atom. The normalized spacial score (nSPS) is 29.2. The molecule has 1 N–H and O–H groups in total. The molecule has 0 radical (unpaired) electrons. The lowest BCUT2D eigenvalue weighted by Gasteiger charge is -2.56. The zero-order chi connectivity index (χ0) is 50.4. The van der Waals surface area contributed by atoms with Gasteiger partial charge in [-0.1, -0.05) is 27.7 Å². The maximum absolute atomic E-state index is 12.6. The Kier molecular flexibility index (Phi) is 19.0. The van der Waals surface area contributed by atoms with Gasteiger partial charge in [0.05, 0.1) is 47.5 Å². The van der Waals surface area contributed by atoms with Gasteiger partial charge >= 0.3 is 41.8 Å². The highest BCUT2D eigenvalue weighted by molar-refractivity contribution is 5.83. The molecule has 6 saturated carbocycles. The van der Waals surface area contributed by atoms with Crippen molar-refractivity contribution in [2.75, 3.05) is 7.11 Å². The summed E-state index contributed by atoms with van der Waals surface area (Å²) in [6.07, 6.45) is 10.7. The molecule has 0 spiro atoms. The summed E-state index contributed by atoms with van der Waals surface area (Å²) in [6, 6.07) is 0. The van der Waals surface area contributed by atoms with Gasteiger partial charge in [0.2, 0.25) is 0 Å². The number of hydrogen-bond donors (Lipinski definition) is 1. The van der Waals surface area contributed by atoms with Crippen molar-refractivity contribution in [2.24, 2.45) is 57.2 Å². The first-order chi connectivity index (χ1) is 30.3. The van der Waals surface area contributed by atoms with Gasteiger partial charge < -0.3 is 33.5 Å². The first-order valence-electron chi connectivity index (χ1n) is 24.7. The number of hydrogen-bond acceptors (Lipinski definition) is 13. The Labute approximate surface area is 395 Å². The highest BCUT2D eigenvalue weighted by Gasteiger charge is 2.64. The van der Waals surface area contributed by atoms with Gasteiger partial charge in [0.1, 0.15) is 29.5 Å². The van der Waals surface area contributed by atoms with Gasteiger partial charge in [-0.15, -0.1) is 0 Å². The molecule has 7 unspecified atom stereocenters. The smallest absolute Gasteiger partial charge is 0.312 e. The maximum Gasteiger partial charge on any atom is 0.312 e. The molecule has 6 bridgehead atoms. The van der Waals surface area contributed by atoms with E-state index in [0.717, 1.165) is 62.7 Å². The number of fused-ring (bicyclic) bond motifs is 1. The lowest BCUT2D eigenvalue weighted by atomic mass is 9.54. The molecule has 0 aromatic heterocycles. The van der Waals surface area contributed by atoms with Crippen molar-refractivity contribution in [3.63, 3.8) is 0 Å². The fraction of sp³-hybridized carbons (Fsp3) is 0.865. The quantitative estimate of drug-likeness (QED) is 0.120. The van der Waals surface area contributed by atoms with Crippen LogP contribution in [-0.4, -0.2) is 83.5 Å². The van der Waals surface area contributed by atoms with E-state index in [4.69, 9.17) is 28.8 Å². The highest BCUT2D eigenvalue weighted by atomic mass is 16.6. The largest absolute Gasteiger partial charge is 0.481 e. The third kappa shape index (κ3) is 14.6. The fourth-order valence-electron chi connectivity index (χ4n) is 10.0. The SMILES string of the molecule is CCC(C)(C)C(=O)OC(C)(C)C.CCC(C)(C)C(=O)OC(C)CC(=O)O.CCC(C)(C)C(=O)OC12CC3CC(CC(C3)C1)C2.CCC(C)(CC(=O)OC)C(=O)OC1C2CC3C(=O)OC1C3C2. The first-order valence-corrected chi connectivity index (χ1v) is 24.7. The number of methoxy groups -OCH3 is 1. The predicted octanol–water partition coefficient (Wildman–Crippen LogP) is 9.99. The van der Waals surface area contributed by atoms with Crippen molar-refractivity contribution in [3.8, 4) is 0 Å². The van der Waals surface area contributed by atoms with E-state index in [-0.39, 0.29) is 88.7 Å². The van der Waals surface area contributed by atoms with Crippen LogP contribution < -0.4 is 0 Å². The number of carbonyl (C=O) groups is 7. The molecule has 7 atom stereocenters. The molecule has 7 fully saturated rings. The zero-order valence-corrected chi connectivity index (χ0v) is 43.4. The monoisotopic (exact) mass is 935 g/mol. The van der Waals surface area contributed by atoms with Crippen molar-refractivity contribution in [1.29, 1.82) is 0 Å². The van der Waals surface area contributed by atoms with Gasteiger partial charge in [0, 0.05) is 11.8 Å². The zero-order valence-electron chi connectivity index (χ0n) is 43.4. The maximum atomic E-state index is 12.6. The number of carbonyl (C=O) groups excluding carboxylic acids is 6. The van der Waals surface area contributed by atoms with Crippen LogP contribution in [-0.2, 0) is 62.0 Å². The molecule has 0 aromatic rings. The van der Waals surface area contributed by atoms with E-state index in [1.807, 2.05) is 69.2 Å². The van der Waals surface area contributed by atoms with Crippen molar-refractivity contribution in [3.05, 3.63) is 0 Å². The van der Waals surface area contributed by atoms with Crippen molar-refractivity contribution >= 4 is 41.8 Å². The Morgan fingerprint density at radius 2 is 1.18 bits per heavy atom. The summed E-state index contributed by atoms with van der Waals surface area (Å²) in [6.45, 7) is 28.1. The molecule has 1 saturated heterocycles. The Morgan fingerprint density at radius 1 is 0.697 bits per heavy atom. The summed E-state index contributed by atoms with van der Waals surface area (Å²) in [5.74, 6) is 0.563. The standard InChI is InChI=1S/C16H22O6.C16H26O2.C10H18O4.C10H20O2/c1-4-16(2,7-11(17)20-3)15(19)22-12-8-5-9-10(6-8)14(18)21-13(9)12;1-4-15(2,3)14(17)18-16-8-11-5-12(9-16)7-13(6-11)10-16;1-5-10(3,4)9(13)14-7(2)6-8(11)12;1-7-10(5,6)8(11)12-9(2,3)4/h8-10,12-13H,4-7H2,1-3H3;11-13H,4-10H2,1-3H3;7H,5-6H2,1-4H3,(H,11,12);7H2,1-6H3. The number of esters is 6. The molecular weight excluding hydrogens is 849 g/mol. The molecule has 6 aliphatic carbocycles. The molecule has 7 rings (SSSR count). The molecule has 14 heteroatoms. The van der Waals surface area contributed by atoms with Gasteiger partial charge in [0.25, 0.3) is 0 Å². The molecular formula is C52H86O14. The first kappa shape index (κ1) is 56.6. The third-order valence-corrected chi connectivity index (χ3v) is 15.5. The number of aliphatic carboxylic acids is 1. The number of ether oxygens (including phenoxy) is 6. The summed E-state index contributed by atoms with van der Waals surface area (Å²) in [5, 5.41) is 8.47. The lowest BCUT2D eigenvalue weighted by molar-refractivity contribution is -0.196. The van der Waals surface area contributed by atoms with Crippen LogP contribution in [0, 0.1) is 57.2 Å². The van der Waals surface area contributed by atoms with E-state index in [2.05, 4.69) is 11.7 Å². The summed E-state index contributed by atoms with van der Waals surface area (Å²) >= 11 is 0. The summed E-state index contributed by atoms with van der Waals surface area (Å²) in [4.78, 5) is 81.5. The molecule has 1 heterocycles. The third-order valence-electron chi connectivity index (χ3n) is 15.5. The van der Waals surface area contributed by atoms with E-state index in [0.29, 0.717) is 12.8 Å². The van der Waals surface area contributed by atoms with Crippen LogP contribution in [0.3, 0.4) is 0 Å². The van der Waals surface area contributed by atoms with Crippen LogP contribution in [0.5, 0.6) is 0 Å². The van der Waals surface area contributed by atoms with E-state index in [1.165, 1.54) is 26.4 Å². The van der Waals surface area contributed by atoms with Gasteiger partial charge in [-0.05, 0) is 171 Å². The van der Waals surface area contributed by atoms with Crippen molar-refractivity contribution < 1.29 is 67.1 Å². The van der Waals surface area contributed by atoms with E-state index in [9.17, 15) is 33.6 Å². The minimum Gasteiger partial charge on any atom is -0.481 e. The highest BCUT2D eigenvalue weighted by Crippen LogP contribution is 2.58. The molecule has 14 nitrogen and oxygen atoms in total. The number of carboxylic acids is 1. The summed E-state index contributed by atoms with van der Waals surface area (Å²) < 4.78 is 32.1. The molecule has 0 aromatic carbocycles. The van der Waals surface area contributed by atoms with E-state index in [1.54, 1.807) is 27.7 Å². The summed E-state index contributed by atoms with van der Waals surface area (Å²) in [5.41, 5.74) is -2.55. The summed E-state index contributed by atoms with van der Waals surface area (Å²) in [7, 11) is 1.30. The lowest BCUT2D eigenvalue weighted by Crippen LogP contribution is -2.53. The van der Waals surface area contributed by atoms with Crippen LogP contribution in [0.25, 0.3) is 0 Å². The predicted molar refractivity (Wildman–Crippen MR) is 247 cm³/mol. The van der Waals surface area contributed by atoms with Crippen molar-refractivity contribution in [2.45, 2.75) is 223 Å². The van der Waals surface area contributed by atoms with Gasteiger partial charge in [-0.3, -0.25) is 33.6 Å². The molecule has 7 aliphatic rings. The van der Waals surface area contributed by atoms with Crippen LogP contribution >= 0.6 is 0 Å². The van der Waals surface area contributed by atoms with Gasteiger partial charge in [0.15, 0.2) is 0 Å². The number of rotatable bonds is 15. The van der Waals surface area contributed by atoms with Crippen LogP contribution in [0.4, 0.5) is 0 Å². The Bertz CT molecular complexity index is 1700. The van der Waals surface area contributed by atoms with E-state index < -0.39 is 34.8 Å². The van der Waals surface area contributed by atoms with E-state index >= 15 is 0 Å². The second-order valence-electron chi connectivity index (χ2n) is 23.5. The Balaban J connectivity index is 0.000000241. The van der Waals surface area contributed by atoms with Gasteiger partial charge in [-0.2, -0.15) is 0 Å². The number of carboxylic acid groups (broad SMARTS) is 1. The molecule has 0 amide bonds. The second-order valence-corrected chi connectivity index (χ2v) is 23.5. The molecule has 66 heavy (non-hydrogen) atoms. The minimum atomic E-state index is -0.959. The fourth-order valence-corrected chi connectivity index (χ4v) is 10.0. The van der Waals surface area contributed by atoms with Crippen LogP contribution in [0.1, 0.15) is 194 Å².